The standard InChI is InChI=1S/C13H19N3S2/c1-7(14)10-8(2)15-11(18-10)9-6-17-12(16-9)13(3,4)5/h6-7H,14H2,1-5H3. The van der Waals surface area contributed by atoms with E-state index in [0.29, 0.717) is 0 Å². The minimum absolute atomic E-state index is 0.0389. The first-order chi connectivity index (χ1) is 8.29. The van der Waals surface area contributed by atoms with E-state index in [1.165, 1.54) is 0 Å². The molecule has 0 aliphatic rings. The van der Waals surface area contributed by atoms with Crippen molar-refractivity contribution in [3.8, 4) is 10.7 Å². The number of hydrogen-bond acceptors (Lipinski definition) is 5. The highest BCUT2D eigenvalue weighted by Gasteiger charge is 2.20. The van der Waals surface area contributed by atoms with Crippen LogP contribution in [0.3, 0.4) is 0 Å². The summed E-state index contributed by atoms with van der Waals surface area (Å²) < 4.78 is 0. The molecule has 0 saturated carbocycles. The highest BCUT2D eigenvalue weighted by atomic mass is 32.1. The van der Waals surface area contributed by atoms with Crippen LogP contribution in [-0.4, -0.2) is 9.97 Å². The Morgan fingerprint density at radius 3 is 2.39 bits per heavy atom. The Balaban J connectivity index is 2.38. The maximum Gasteiger partial charge on any atom is 0.143 e. The lowest BCUT2D eigenvalue weighted by atomic mass is 9.98. The lowest BCUT2D eigenvalue weighted by Gasteiger charge is -2.13. The number of thiazole rings is 2. The van der Waals surface area contributed by atoms with Gasteiger partial charge in [-0.1, -0.05) is 20.8 Å². The van der Waals surface area contributed by atoms with Crippen LogP contribution in [0.15, 0.2) is 5.38 Å². The number of nitrogens with two attached hydrogens (primary N) is 1. The van der Waals surface area contributed by atoms with Crippen molar-refractivity contribution in [1.29, 1.82) is 0 Å². The maximum absolute atomic E-state index is 5.93. The van der Waals surface area contributed by atoms with E-state index in [9.17, 15) is 0 Å². The van der Waals surface area contributed by atoms with Crippen LogP contribution in [0.2, 0.25) is 0 Å². The largest absolute Gasteiger partial charge is 0.323 e. The quantitative estimate of drug-likeness (QED) is 0.908. The summed E-state index contributed by atoms with van der Waals surface area (Å²) in [6.07, 6.45) is 0. The van der Waals surface area contributed by atoms with Crippen LogP contribution in [0.1, 0.15) is 49.3 Å². The van der Waals surface area contributed by atoms with Gasteiger partial charge in [0.05, 0.1) is 10.7 Å². The Labute approximate surface area is 116 Å². The molecule has 3 nitrogen and oxygen atoms in total. The lowest BCUT2D eigenvalue weighted by Crippen LogP contribution is -2.10. The third-order valence-electron chi connectivity index (χ3n) is 2.61. The molecular formula is C13H19N3S2. The molecule has 0 bridgehead atoms. The number of aromatic nitrogens is 2. The molecule has 2 aromatic heterocycles. The van der Waals surface area contributed by atoms with Crippen LogP contribution in [0.5, 0.6) is 0 Å². The van der Waals surface area contributed by atoms with E-state index in [0.717, 1.165) is 26.3 Å². The zero-order chi connectivity index (χ0) is 13.5. The first-order valence-electron chi connectivity index (χ1n) is 5.98. The summed E-state index contributed by atoms with van der Waals surface area (Å²) in [4.78, 5) is 10.4. The van der Waals surface area contributed by atoms with Crippen molar-refractivity contribution >= 4 is 22.7 Å². The summed E-state index contributed by atoms with van der Waals surface area (Å²) in [6.45, 7) is 10.5. The van der Waals surface area contributed by atoms with Gasteiger partial charge in [0.15, 0.2) is 0 Å². The minimum atomic E-state index is 0.0389. The summed E-state index contributed by atoms with van der Waals surface area (Å²) in [5, 5.41) is 4.21. The van der Waals surface area contributed by atoms with Gasteiger partial charge < -0.3 is 5.73 Å². The molecule has 18 heavy (non-hydrogen) atoms. The molecule has 1 atom stereocenters. The summed E-state index contributed by atoms with van der Waals surface area (Å²) in [5.74, 6) is 0. The average molecular weight is 281 g/mol. The Kier molecular flexibility index (Phi) is 3.58. The molecule has 0 spiro atoms. The summed E-state index contributed by atoms with van der Waals surface area (Å²) >= 11 is 3.35. The van der Waals surface area contributed by atoms with E-state index in [4.69, 9.17) is 10.7 Å². The van der Waals surface area contributed by atoms with Crippen molar-refractivity contribution in [2.45, 2.75) is 46.1 Å². The number of hydrogen-bond donors (Lipinski definition) is 1. The fraction of sp³-hybridized carbons (Fsp3) is 0.538. The second kappa shape index (κ2) is 4.72. The predicted octanol–water partition coefficient (Wildman–Crippen LogP) is 3.89. The summed E-state index contributed by atoms with van der Waals surface area (Å²) in [5.41, 5.74) is 8.03. The topological polar surface area (TPSA) is 51.8 Å². The van der Waals surface area contributed by atoms with Crippen molar-refractivity contribution < 1.29 is 0 Å². The molecule has 0 radical (unpaired) electrons. The average Bonchev–Trinajstić information content (AvgIpc) is 2.81. The monoisotopic (exact) mass is 281 g/mol. The molecule has 1 unspecified atom stereocenters. The van der Waals surface area contributed by atoms with Gasteiger partial charge in [0.25, 0.3) is 0 Å². The van der Waals surface area contributed by atoms with Crippen molar-refractivity contribution in [2.75, 3.05) is 0 Å². The van der Waals surface area contributed by atoms with Gasteiger partial charge >= 0.3 is 0 Å². The van der Waals surface area contributed by atoms with Crippen molar-refractivity contribution in [3.63, 3.8) is 0 Å². The first-order valence-corrected chi connectivity index (χ1v) is 7.68. The Morgan fingerprint density at radius 1 is 1.28 bits per heavy atom. The molecular weight excluding hydrogens is 262 g/mol. The Bertz CT molecular complexity index is 547. The zero-order valence-electron chi connectivity index (χ0n) is 11.4. The fourth-order valence-electron chi connectivity index (χ4n) is 1.66. The molecule has 2 heterocycles. The van der Waals surface area contributed by atoms with Crippen LogP contribution in [-0.2, 0) is 5.41 Å². The second-order valence-corrected chi connectivity index (χ2v) is 7.43. The number of aryl methyl sites for hydroxylation is 1. The van der Waals surface area contributed by atoms with E-state index < -0.39 is 0 Å². The van der Waals surface area contributed by atoms with Crippen molar-refractivity contribution in [1.82, 2.24) is 9.97 Å². The van der Waals surface area contributed by atoms with Gasteiger partial charge in [0, 0.05) is 21.7 Å². The molecule has 2 N–H and O–H groups in total. The summed E-state index contributed by atoms with van der Waals surface area (Å²) in [6, 6.07) is 0.0389. The third kappa shape index (κ3) is 2.63. The molecule has 98 valence electrons. The molecule has 0 fully saturated rings. The summed E-state index contributed by atoms with van der Waals surface area (Å²) in [7, 11) is 0. The molecule has 0 amide bonds. The van der Waals surface area contributed by atoms with Gasteiger partial charge in [0.2, 0.25) is 0 Å². The molecule has 2 rings (SSSR count). The number of rotatable bonds is 2. The highest BCUT2D eigenvalue weighted by molar-refractivity contribution is 7.16. The molecule has 0 aliphatic heterocycles. The third-order valence-corrected chi connectivity index (χ3v) is 5.26. The van der Waals surface area contributed by atoms with Gasteiger partial charge in [-0.05, 0) is 13.8 Å². The lowest BCUT2D eigenvalue weighted by molar-refractivity contribution is 0.586. The zero-order valence-corrected chi connectivity index (χ0v) is 13.1. The van der Waals surface area contributed by atoms with Crippen molar-refractivity contribution in [3.05, 3.63) is 21.0 Å². The fourth-order valence-corrected chi connectivity index (χ4v) is 3.60. The molecule has 5 heteroatoms. The second-order valence-electron chi connectivity index (χ2n) is 5.55. The molecule has 0 aromatic carbocycles. The highest BCUT2D eigenvalue weighted by Crippen LogP contribution is 2.34. The van der Waals surface area contributed by atoms with E-state index in [-0.39, 0.29) is 11.5 Å². The van der Waals surface area contributed by atoms with Gasteiger partial charge in [-0.25, -0.2) is 9.97 Å². The number of nitrogens with zero attached hydrogens (tertiary/aromatic N) is 2. The van der Waals surface area contributed by atoms with Gasteiger partial charge in [0.1, 0.15) is 10.7 Å². The van der Waals surface area contributed by atoms with Gasteiger partial charge in [-0.3, -0.25) is 0 Å². The predicted molar refractivity (Wildman–Crippen MR) is 79.3 cm³/mol. The SMILES string of the molecule is Cc1nc(-c2csc(C(C)(C)C)n2)sc1C(C)N. The molecule has 2 aromatic rings. The van der Waals surface area contributed by atoms with Crippen LogP contribution < -0.4 is 5.73 Å². The van der Waals surface area contributed by atoms with Crippen LogP contribution in [0, 0.1) is 6.92 Å². The smallest absolute Gasteiger partial charge is 0.143 e. The van der Waals surface area contributed by atoms with Crippen LogP contribution >= 0.6 is 22.7 Å². The normalized spacial score (nSPS) is 13.9. The van der Waals surface area contributed by atoms with E-state index in [2.05, 4.69) is 31.1 Å². The van der Waals surface area contributed by atoms with E-state index in [1.807, 2.05) is 13.8 Å². The van der Waals surface area contributed by atoms with Crippen molar-refractivity contribution in [2.24, 2.45) is 5.73 Å². The van der Waals surface area contributed by atoms with Crippen LogP contribution in [0.25, 0.3) is 10.7 Å². The molecule has 0 saturated heterocycles. The van der Waals surface area contributed by atoms with E-state index >= 15 is 0 Å². The van der Waals surface area contributed by atoms with Crippen LogP contribution in [0.4, 0.5) is 0 Å². The van der Waals surface area contributed by atoms with Gasteiger partial charge in [-0.2, -0.15) is 0 Å². The Hall–Kier alpha value is -0.780. The Morgan fingerprint density at radius 2 is 1.94 bits per heavy atom. The molecule has 0 aliphatic carbocycles. The minimum Gasteiger partial charge on any atom is -0.323 e. The first kappa shape index (κ1) is 13.6. The maximum atomic E-state index is 5.93. The van der Waals surface area contributed by atoms with Gasteiger partial charge in [-0.15, -0.1) is 22.7 Å². The van der Waals surface area contributed by atoms with E-state index in [1.54, 1.807) is 22.7 Å².